The second-order valence-electron chi connectivity index (χ2n) is 2.15. The molecule has 1 rings (SSSR count). The van der Waals surface area contributed by atoms with Gasteiger partial charge in [0.15, 0.2) is 13.2 Å². The van der Waals surface area contributed by atoms with Crippen LogP contribution in [0.5, 0.6) is 12.0 Å². The standard InChI is InChI=1S/C7H6N6O2/c8-1-3-14-6-11-5(10)12-7(13-6)15-4-2-9/h3-4H2,(H2,10,11,12,13). The molecule has 0 amide bonds. The lowest BCUT2D eigenvalue weighted by atomic mass is 10.8. The Labute approximate surface area is 84.9 Å². The highest BCUT2D eigenvalue weighted by atomic mass is 16.5. The summed E-state index contributed by atoms with van der Waals surface area (Å²) in [5.74, 6) is -0.106. The van der Waals surface area contributed by atoms with Gasteiger partial charge in [-0.1, -0.05) is 0 Å². The number of aromatic nitrogens is 3. The number of ether oxygens (including phenoxy) is 2. The fourth-order valence-electron chi connectivity index (χ4n) is 0.676. The molecule has 0 aliphatic heterocycles. The van der Waals surface area contributed by atoms with Crippen molar-refractivity contribution in [2.75, 3.05) is 18.9 Å². The van der Waals surface area contributed by atoms with Crippen molar-refractivity contribution in [1.29, 1.82) is 10.5 Å². The Bertz CT molecular complexity index is 384. The summed E-state index contributed by atoms with van der Waals surface area (Å²) in [4.78, 5) is 10.9. The Hall–Kier alpha value is -2.61. The van der Waals surface area contributed by atoms with Crippen molar-refractivity contribution < 1.29 is 9.47 Å². The van der Waals surface area contributed by atoms with Crippen LogP contribution in [-0.4, -0.2) is 28.2 Å². The molecule has 0 aliphatic carbocycles. The molecule has 0 aliphatic rings. The van der Waals surface area contributed by atoms with Crippen LogP contribution in [0.25, 0.3) is 0 Å². The molecule has 0 aromatic carbocycles. The predicted molar refractivity (Wildman–Crippen MR) is 46.5 cm³/mol. The summed E-state index contributed by atoms with van der Waals surface area (Å²) in [5, 5.41) is 16.5. The SMILES string of the molecule is N#CCOc1nc(N)nc(OCC#N)n1. The lowest BCUT2D eigenvalue weighted by Gasteiger charge is -2.02. The van der Waals surface area contributed by atoms with Crippen LogP contribution in [0.1, 0.15) is 0 Å². The van der Waals surface area contributed by atoms with E-state index in [-0.39, 0.29) is 31.2 Å². The highest BCUT2D eigenvalue weighted by Gasteiger charge is 2.05. The zero-order valence-electron chi connectivity index (χ0n) is 7.54. The van der Waals surface area contributed by atoms with Gasteiger partial charge in [0.05, 0.1) is 0 Å². The van der Waals surface area contributed by atoms with Crippen LogP contribution in [0.2, 0.25) is 0 Å². The Morgan fingerprint density at radius 2 is 1.47 bits per heavy atom. The van der Waals surface area contributed by atoms with E-state index in [1.54, 1.807) is 12.1 Å². The number of nitrogens with two attached hydrogens (primary N) is 1. The maximum absolute atomic E-state index is 8.26. The Morgan fingerprint density at radius 3 is 1.87 bits per heavy atom. The Kier molecular flexibility index (Phi) is 3.62. The van der Waals surface area contributed by atoms with E-state index < -0.39 is 0 Å². The van der Waals surface area contributed by atoms with Gasteiger partial charge < -0.3 is 15.2 Å². The maximum atomic E-state index is 8.26. The van der Waals surface area contributed by atoms with Crippen molar-refractivity contribution >= 4 is 5.95 Å². The number of nitriles is 2. The van der Waals surface area contributed by atoms with Gasteiger partial charge in [-0.15, -0.1) is 4.98 Å². The van der Waals surface area contributed by atoms with Gasteiger partial charge in [-0.2, -0.15) is 20.5 Å². The first-order chi connectivity index (χ1) is 7.26. The largest absolute Gasteiger partial charge is 0.448 e. The third kappa shape index (κ3) is 3.32. The second-order valence-corrected chi connectivity index (χ2v) is 2.15. The minimum atomic E-state index is -0.207. The van der Waals surface area contributed by atoms with Gasteiger partial charge >= 0.3 is 12.0 Å². The van der Waals surface area contributed by atoms with Crippen molar-refractivity contribution in [2.45, 2.75) is 0 Å². The average molecular weight is 206 g/mol. The van der Waals surface area contributed by atoms with E-state index in [0.717, 1.165) is 0 Å². The quantitative estimate of drug-likeness (QED) is 0.681. The van der Waals surface area contributed by atoms with Gasteiger partial charge in [-0.3, -0.25) is 0 Å². The zero-order valence-corrected chi connectivity index (χ0v) is 7.54. The van der Waals surface area contributed by atoms with Gasteiger partial charge in [0.2, 0.25) is 5.95 Å². The normalized spacial score (nSPS) is 8.67. The lowest BCUT2D eigenvalue weighted by Crippen LogP contribution is -2.07. The van der Waals surface area contributed by atoms with E-state index in [9.17, 15) is 0 Å². The molecule has 15 heavy (non-hydrogen) atoms. The maximum Gasteiger partial charge on any atom is 0.325 e. The average Bonchev–Trinajstić information content (AvgIpc) is 2.23. The third-order valence-corrected chi connectivity index (χ3v) is 1.14. The highest BCUT2D eigenvalue weighted by Crippen LogP contribution is 2.10. The van der Waals surface area contributed by atoms with Crippen LogP contribution in [0.15, 0.2) is 0 Å². The molecule has 0 saturated heterocycles. The van der Waals surface area contributed by atoms with E-state index >= 15 is 0 Å². The van der Waals surface area contributed by atoms with Gasteiger partial charge in [0.25, 0.3) is 0 Å². The monoisotopic (exact) mass is 206 g/mol. The van der Waals surface area contributed by atoms with Crippen LogP contribution in [-0.2, 0) is 0 Å². The van der Waals surface area contributed by atoms with Gasteiger partial charge in [-0.25, -0.2) is 0 Å². The first-order valence-corrected chi connectivity index (χ1v) is 3.77. The molecule has 0 atom stereocenters. The van der Waals surface area contributed by atoms with Crippen molar-refractivity contribution in [3.63, 3.8) is 0 Å². The Morgan fingerprint density at radius 1 is 1.00 bits per heavy atom. The van der Waals surface area contributed by atoms with Crippen molar-refractivity contribution in [3.8, 4) is 24.2 Å². The molecule has 1 aromatic rings. The van der Waals surface area contributed by atoms with Crippen LogP contribution in [0.3, 0.4) is 0 Å². The smallest absolute Gasteiger partial charge is 0.325 e. The fraction of sp³-hybridized carbons (Fsp3) is 0.286. The van der Waals surface area contributed by atoms with Crippen LogP contribution in [0, 0.1) is 22.7 Å². The summed E-state index contributed by atoms with van der Waals surface area (Å²) >= 11 is 0. The van der Waals surface area contributed by atoms with E-state index in [4.69, 9.17) is 25.7 Å². The van der Waals surface area contributed by atoms with Crippen LogP contribution >= 0.6 is 0 Å². The summed E-state index contributed by atoms with van der Waals surface area (Å²) in [6, 6.07) is 3.26. The molecule has 0 radical (unpaired) electrons. The molecule has 0 bridgehead atoms. The van der Waals surface area contributed by atoms with E-state index in [2.05, 4.69) is 15.0 Å². The predicted octanol–water partition coefficient (Wildman–Crippen LogP) is -0.741. The molecule has 1 aromatic heterocycles. The van der Waals surface area contributed by atoms with E-state index in [1.165, 1.54) is 0 Å². The third-order valence-electron chi connectivity index (χ3n) is 1.14. The van der Waals surface area contributed by atoms with E-state index in [0.29, 0.717) is 0 Å². The zero-order chi connectivity index (χ0) is 11.1. The molecule has 2 N–H and O–H groups in total. The summed E-state index contributed by atoms with van der Waals surface area (Å²) in [5.41, 5.74) is 5.31. The second kappa shape index (κ2) is 5.19. The summed E-state index contributed by atoms with van der Waals surface area (Å²) in [7, 11) is 0. The molecule has 0 saturated carbocycles. The van der Waals surface area contributed by atoms with E-state index in [1.807, 2.05) is 0 Å². The van der Waals surface area contributed by atoms with Crippen LogP contribution < -0.4 is 15.2 Å². The number of hydrogen-bond acceptors (Lipinski definition) is 8. The first-order valence-electron chi connectivity index (χ1n) is 3.77. The van der Waals surface area contributed by atoms with Gasteiger partial charge in [0.1, 0.15) is 12.1 Å². The summed E-state index contributed by atoms with van der Waals surface area (Å²) < 4.78 is 9.58. The lowest BCUT2D eigenvalue weighted by molar-refractivity contribution is 0.303. The molecule has 8 heteroatoms. The minimum absolute atomic E-state index is 0.106. The highest BCUT2D eigenvalue weighted by molar-refractivity contribution is 5.20. The first kappa shape index (κ1) is 10.5. The molecular formula is C7H6N6O2. The molecule has 8 nitrogen and oxygen atoms in total. The van der Waals surface area contributed by atoms with Gasteiger partial charge in [0, 0.05) is 0 Å². The molecule has 0 fully saturated rings. The molecule has 1 heterocycles. The number of rotatable bonds is 4. The van der Waals surface area contributed by atoms with Crippen molar-refractivity contribution in [1.82, 2.24) is 15.0 Å². The Balaban J connectivity index is 2.77. The number of hydrogen-bond donors (Lipinski definition) is 1. The number of nitrogens with zero attached hydrogens (tertiary/aromatic N) is 5. The summed E-state index contributed by atoms with van der Waals surface area (Å²) in [6.45, 7) is -0.414. The topological polar surface area (TPSA) is 131 Å². The fourth-order valence-corrected chi connectivity index (χ4v) is 0.676. The molecule has 76 valence electrons. The molecule has 0 spiro atoms. The van der Waals surface area contributed by atoms with Gasteiger partial charge in [-0.05, 0) is 0 Å². The van der Waals surface area contributed by atoms with Crippen molar-refractivity contribution in [3.05, 3.63) is 0 Å². The summed E-state index contributed by atoms with van der Waals surface area (Å²) in [6.07, 6.45) is 0. The van der Waals surface area contributed by atoms with Crippen LogP contribution in [0.4, 0.5) is 5.95 Å². The molecule has 0 unspecified atom stereocenters. The van der Waals surface area contributed by atoms with Crippen molar-refractivity contribution in [2.24, 2.45) is 0 Å². The number of nitrogen functional groups attached to an aromatic ring is 1. The number of anilines is 1. The molecular weight excluding hydrogens is 200 g/mol. The minimum Gasteiger partial charge on any atom is -0.448 e.